The zero-order chi connectivity index (χ0) is 13.8. The second-order valence-corrected chi connectivity index (χ2v) is 4.89. The second-order valence-electron chi connectivity index (χ2n) is 4.05. The summed E-state index contributed by atoms with van der Waals surface area (Å²) in [4.78, 5) is 12.0. The molecule has 0 aliphatic rings. The topological polar surface area (TPSA) is 55.1 Å². The van der Waals surface area contributed by atoms with Gasteiger partial charge in [-0.3, -0.25) is 4.79 Å². The minimum Gasteiger partial charge on any atom is -0.399 e. The van der Waals surface area contributed by atoms with E-state index in [0.29, 0.717) is 27.8 Å². The van der Waals surface area contributed by atoms with Crippen molar-refractivity contribution in [3.05, 3.63) is 63.6 Å². The molecule has 0 aromatic heterocycles. The Kier molecular flexibility index (Phi) is 4.30. The van der Waals surface area contributed by atoms with Crippen LogP contribution in [0.25, 0.3) is 0 Å². The first-order valence-electron chi connectivity index (χ1n) is 5.64. The standard InChI is InChI=1S/C14H12Cl2N2O/c15-10-3-1-9(2-4-10)8-18-14(19)12-6-5-11(17)7-13(12)16/h1-7H,8,17H2,(H,18,19). The highest BCUT2D eigenvalue weighted by Gasteiger charge is 2.09. The van der Waals surface area contributed by atoms with Crippen molar-refractivity contribution in [2.45, 2.75) is 6.54 Å². The predicted molar refractivity (Wildman–Crippen MR) is 78.5 cm³/mol. The molecule has 19 heavy (non-hydrogen) atoms. The number of benzene rings is 2. The molecular weight excluding hydrogens is 283 g/mol. The van der Waals surface area contributed by atoms with Crippen LogP contribution < -0.4 is 11.1 Å². The first kappa shape index (κ1) is 13.7. The zero-order valence-electron chi connectivity index (χ0n) is 9.99. The van der Waals surface area contributed by atoms with Gasteiger partial charge >= 0.3 is 0 Å². The predicted octanol–water partition coefficient (Wildman–Crippen LogP) is 3.51. The van der Waals surface area contributed by atoms with Crippen molar-refractivity contribution in [1.29, 1.82) is 0 Å². The summed E-state index contributed by atoms with van der Waals surface area (Å²) in [6.07, 6.45) is 0. The SMILES string of the molecule is Nc1ccc(C(=O)NCc2ccc(Cl)cc2)c(Cl)c1. The molecule has 1 amide bonds. The van der Waals surface area contributed by atoms with E-state index in [-0.39, 0.29) is 5.91 Å². The Balaban J connectivity index is 2.03. The number of carbonyl (C=O) groups excluding carboxylic acids is 1. The molecule has 3 nitrogen and oxygen atoms in total. The Morgan fingerprint density at radius 3 is 2.42 bits per heavy atom. The van der Waals surface area contributed by atoms with E-state index in [2.05, 4.69) is 5.32 Å². The van der Waals surface area contributed by atoms with Crippen molar-refractivity contribution < 1.29 is 4.79 Å². The van der Waals surface area contributed by atoms with Crippen LogP contribution in [0.1, 0.15) is 15.9 Å². The number of rotatable bonds is 3. The molecule has 0 unspecified atom stereocenters. The number of nitrogens with two attached hydrogens (primary N) is 1. The number of nitrogen functional groups attached to an aromatic ring is 1. The summed E-state index contributed by atoms with van der Waals surface area (Å²) in [5.74, 6) is -0.236. The van der Waals surface area contributed by atoms with Gasteiger partial charge in [-0.05, 0) is 35.9 Å². The fourth-order valence-electron chi connectivity index (χ4n) is 1.60. The van der Waals surface area contributed by atoms with Gasteiger partial charge in [0.05, 0.1) is 10.6 Å². The van der Waals surface area contributed by atoms with E-state index in [4.69, 9.17) is 28.9 Å². The number of carbonyl (C=O) groups is 1. The van der Waals surface area contributed by atoms with Crippen molar-refractivity contribution in [3.63, 3.8) is 0 Å². The third kappa shape index (κ3) is 3.63. The van der Waals surface area contributed by atoms with Crippen molar-refractivity contribution in [3.8, 4) is 0 Å². The number of hydrogen-bond donors (Lipinski definition) is 2. The van der Waals surface area contributed by atoms with Crippen LogP contribution in [0.3, 0.4) is 0 Å². The van der Waals surface area contributed by atoms with E-state index in [1.54, 1.807) is 30.3 Å². The number of nitrogens with one attached hydrogen (secondary N) is 1. The fourth-order valence-corrected chi connectivity index (χ4v) is 2.00. The van der Waals surface area contributed by atoms with Crippen LogP contribution in [0, 0.1) is 0 Å². The van der Waals surface area contributed by atoms with Gasteiger partial charge in [-0.15, -0.1) is 0 Å². The van der Waals surface area contributed by atoms with Gasteiger partial charge in [-0.25, -0.2) is 0 Å². The minimum atomic E-state index is -0.236. The van der Waals surface area contributed by atoms with E-state index < -0.39 is 0 Å². The number of anilines is 1. The van der Waals surface area contributed by atoms with Crippen LogP contribution >= 0.6 is 23.2 Å². The van der Waals surface area contributed by atoms with Crippen LogP contribution in [0.5, 0.6) is 0 Å². The van der Waals surface area contributed by atoms with Gasteiger partial charge in [0.2, 0.25) is 0 Å². The highest BCUT2D eigenvalue weighted by molar-refractivity contribution is 6.34. The molecule has 0 heterocycles. The van der Waals surface area contributed by atoms with E-state index in [0.717, 1.165) is 5.56 Å². The summed E-state index contributed by atoms with van der Waals surface area (Å²) >= 11 is 11.8. The third-order valence-electron chi connectivity index (χ3n) is 2.60. The minimum absolute atomic E-state index is 0.236. The molecule has 0 spiro atoms. The lowest BCUT2D eigenvalue weighted by Crippen LogP contribution is -2.23. The molecule has 2 aromatic rings. The number of halogens is 2. The van der Waals surface area contributed by atoms with Gasteiger partial charge in [0.25, 0.3) is 5.91 Å². The molecule has 0 aliphatic carbocycles. The molecule has 0 saturated carbocycles. The summed E-state index contributed by atoms with van der Waals surface area (Å²) in [7, 11) is 0. The molecule has 0 radical (unpaired) electrons. The zero-order valence-corrected chi connectivity index (χ0v) is 11.5. The van der Waals surface area contributed by atoms with Gasteiger partial charge in [0.15, 0.2) is 0 Å². The summed E-state index contributed by atoms with van der Waals surface area (Å²) in [5.41, 5.74) is 7.47. The van der Waals surface area contributed by atoms with E-state index in [1.165, 1.54) is 0 Å². The molecule has 98 valence electrons. The Hall–Kier alpha value is -1.71. The molecule has 0 bridgehead atoms. The average molecular weight is 295 g/mol. The normalized spacial score (nSPS) is 10.2. The molecule has 3 N–H and O–H groups in total. The first-order chi connectivity index (χ1) is 9.06. The molecule has 2 rings (SSSR count). The Labute approximate surface area is 121 Å². The van der Waals surface area contributed by atoms with Crippen LogP contribution in [-0.2, 0) is 6.54 Å². The smallest absolute Gasteiger partial charge is 0.253 e. The molecular formula is C14H12Cl2N2O. The quantitative estimate of drug-likeness (QED) is 0.851. The maximum atomic E-state index is 12.0. The van der Waals surface area contributed by atoms with Gasteiger partial charge in [0, 0.05) is 17.3 Å². The van der Waals surface area contributed by atoms with Crippen molar-refractivity contribution >= 4 is 34.8 Å². The maximum absolute atomic E-state index is 12.0. The van der Waals surface area contributed by atoms with E-state index in [9.17, 15) is 4.79 Å². The molecule has 0 saturated heterocycles. The number of hydrogen-bond acceptors (Lipinski definition) is 2. The van der Waals surface area contributed by atoms with Gasteiger partial charge < -0.3 is 11.1 Å². The van der Waals surface area contributed by atoms with Crippen LogP contribution in [0.2, 0.25) is 10.0 Å². The van der Waals surface area contributed by atoms with Crippen molar-refractivity contribution in [1.82, 2.24) is 5.32 Å². The van der Waals surface area contributed by atoms with Gasteiger partial charge in [0.1, 0.15) is 0 Å². The van der Waals surface area contributed by atoms with Crippen LogP contribution in [-0.4, -0.2) is 5.91 Å². The summed E-state index contributed by atoms with van der Waals surface area (Å²) in [6, 6.07) is 12.1. The van der Waals surface area contributed by atoms with E-state index in [1.807, 2.05) is 12.1 Å². The van der Waals surface area contributed by atoms with Crippen molar-refractivity contribution in [2.75, 3.05) is 5.73 Å². The summed E-state index contributed by atoms with van der Waals surface area (Å²) in [6.45, 7) is 0.413. The maximum Gasteiger partial charge on any atom is 0.253 e. The first-order valence-corrected chi connectivity index (χ1v) is 6.39. The molecule has 0 fully saturated rings. The van der Waals surface area contributed by atoms with Crippen molar-refractivity contribution in [2.24, 2.45) is 0 Å². The largest absolute Gasteiger partial charge is 0.399 e. The molecule has 5 heteroatoms. The van der Waals surface area contributed by atoms with Gasteiger partial charge in [-0.2, -0.15) is 0 Å². The Bertz CT molecular complexity index is 597. The highest BCUT2D eigenvalue weighted by Crippen LogP contribution is 2.19. The summed E-state index contributed by atoms with van der Waals surface area (Å²) in [5, 5.41) is 3.79. The van der Waals surface area contributed by atoms with Gasteiger partial charge in [-0.1, -0.05) is 35.3 Å². The average Bonchev–Trinajstić information content (AvgIpc) is 2.37. The molecule has 0 aliphatic heterocycles. The number of amides is 1. The molecule has 2 aromatic carbocycles. The second kappa shape index (κ2) is 5.95. The lowest BCUT2D eigenvalue weighted by molar-refractivity contribution is 0.0951. The lowest BCUT2D eigenvalue weighted by Gasteiger charge is -2.07. The lowest BCUT2D eigenvalue weighted by atomic mass is 10.1. The highest BCUT2D eigenvalue weighted by atomic mass is 35.5. The fraction of sp³-hybridized carbons (Fsp3) is 0.0714. The monoisotopic (exact) mass is 294 g/mol. The summed E-state index contributed by atoms with van der Waals surface area (Å²) < 4.78 is 0. The van der Waals surface area contributed by atoms with Crippen LogP contribution in [0.4, 0.5) is 5.69 Å². The third-order valence-corrected chi connectivity index (χ3v) is 3.17. The van der Waals surface area contributed by atoms with Crippen LogP contribution in [0.15, 0.2) is 42.5 Å². The Morgan fingerprint density at radius 1 is 1.11 bits per heavy atom. The van der Waals surface area contributed by atoms with E-state index >= 15 is 0 Å². The molecule has 0 atom stereocenters. The Morgan fingerprint density at radius 2 is 1.79 bits per heavy atom.